The molecule has 1 unspecified atom stereocenters. The quantitative estimate of drug-likeness (QED) is 0.0261. The van der Waals surface area contributed by atoms with Crippen LogP contribution >= 0.6 is 0 Å². The molecule has 0 N–H and O–H groups in total. The van der Waals surface area contributed by atoms with E-state index >= 15 is 0 Å². The van der Waals surface area contributed by atoms with Crippen molar-refractivity contribution < 1.29 is 28.6 Å². The molecule has 0 aromatic heterocycles. The summed E-state index contributed by atoms with van der Waals surface area (Å²) in [6.45, 7) is 6.38. The fourth-order valence-electron chi connectivity index (χ4n) is 8.84. The summed E-state index contributed by atoms with van der Waals surface area (Å²) in [6.07, 6.45) is 99.7. The molecule has 0 spiro atoms. The molecule has 0 saturated carbocycles. The minimum absolute atomic E-state index is 0.0916. The molecule has 0 bridgehead atoms. The Kier molecular flexibility index (Phi) is 64.4. The number of hydrogen-bond donors (Lipinski definition) is 0. The highest BCUT2D eigenvalue weighted by Gasteiger charge is 2.19. The molecule has 0 aromatic rings. The van der Waals surface area contributed by atoms with E-state index in [9.17, 15) is 14.4 Å². The van der Waals surface area contributed by atoms with Gasteiger partial charge in [-0.3, -0.25) is 14.4 Å². The first kappa shape index (κ1) is 77.0. The first-order valence-electron chi connectivity index (χ1n) is 33.5. The fraction of sp³-hybridized carbons (Fsp3) is 0.618. The zero-order valence-electron chi connectivity index (χ0n) is 52.9. The molecule has 1 atom stereocenters. The Morgan fingerprint density at radius 1 is 0.256 bits per heavy atom. The first-order valence-corrected chi connectivity index (χ1v) is 33.5. The zero-order chi connectivity index (χ0) is 59.2. The van der Waals surface area contributed by atoms with Gasteiger partial charge in [0.25, 0.3) is 0 Å². The van der Waals surface area contributed by atoms with Gasteiger partial charge < -0.3 is 14.2 Å². The molecular formula is C76H122O6. The zero-order valence-corrected chi connectivity index (χ0v) is 52.9. The van der Waals surface area contributed by atoms with Crippen LogP contribution in [-0.4, -0.2) is 37.2 Å². The van der Waals surface area contributed by atoms with E-state index in [-0.39, 0.29) is 31.1 Å². The summed E-state index contributed by atoms with van der Waals surface area (Å²) >= 11 is 0. The smallest absolute Gasteiger partial charge is 0.306 e. The number of ether oxygens (including phenoxy) is 3. The summed E-state index contributed by atoms with van der Waals surface area (Å²) in [7, 11) is 0. The third-order valence-corrected chi connectivity index (χ3v) is 13.8. The third kappa shape index (κ3) is 65.8. The Hall–Kier alpha value is -4.97. The van der Waals surface area contributed by atoms with Crippen LogP contribution in [0, 0.1) is 0 Å². The Morgan fingerprint density at radius 3 is 0.744 bits per heavy atom. The van der Waals surface area contributed by atoms with Crippen LogP contribution in [-0.2, 0) is 28.6 Å². The number of esters is 3. The van der Waals surface area contributed by atoms with E-state index in [1.165, 1.54) is 83.5 Å². The van der Waals surface area contributed by atoms with Crippen LogP contribution in [0.15, 0.2) is 158 Å². The molecule has 0 heterocycles. The lowest BCUT2D eigenvalue weighted by Gasteiger charge is -2.18. The van der Waals surface area contributed by atoms with Crippen molar-refractivity contribution in [1.82, 2.24) is 0 Å². The van der Waals surface area contributed by atoms with Crippen LogP contribution in [0.3, 0.4) is 0 Å². The molecule has 0 saturated heterocycles. The largest absolute Gasteiger partial charge is 0.462 e. The van der Waals surface area contributed by atoms with Crippen molar-refractivity contribution in [3.63, 3.8) is 0 Å². The third-order valence-electron chi connectivity index (χ3n) is 13.8. The van der Waals surface area contributed by atoms with Crippen LogP contribution in [0.25, 0.3) is 0 Å². The van der Waals surface area contributed by atoms with Gasteiger partial charge in [0, 0.05) is 19.3 Å². The molecule has 82 heavy (non-hydrogen) atoms. The van der Waals surface area contributed by atoms with Crippen LogP contribution in [0.5, 0.6) is 0 Å². The van der Waals surface area contributed by atoms with Crippen molar-refractivity contribution in [3.05, 3.63) is 158 Å². The number of allylic oxidation sites excluding steroid dienone is 26. The Bertz CT molecular complexity index is 1830. The van der Waals surface area contributed by atoms with Gasteiger partial charge in [-0.25, -0.2) is 0 Å². The molecule has 6 nitrogen and oxygen atoms in total. The van der Waals surface area contributed by atoms with Crippen molar-refractivity contribution in [2.75, 3.05) is 13.2 Å². The second kappa shape index (κ2) is 68.5. The Balaban J connectivity index is 4.33. The minimum Gasteiger partial charge on any atom is -0.462 e. The van der Waals surface area contributed by atoms with Crippen LogP contribution < -0.4 is 0 Å². The van der Waals surface area contributed by atoms with Crippen molar-refractivity contribution in [2.24, 2.45) is 0 Å². The van der Waals surface area contributed by atoms with Gasteiger partial charge in [-0.15, -0.1) is 0 Å². The van der Waals surface area contributed by atoms with E-state index < -0.39 is 6.10 Å². The molecule has 0 fully saturated rings. The topological polar surface area (TPSA) is 78.9 Å². The van der Waals surface area contributed by atoms with E-state index in [2.05, 4.69) is 179 Å². The molecule has 6 heteroatoms. The molecule has 462 valence electrons. The highest BCUT2D eigenvalue weighted by molar-refractivity contribution is 5.71. The highest BCUT2D eigenvalue weighted by Crippen LogP contribution is 2.15. The Labute approximate surface area is 505 Å². The highest BCUT2D eigenvalue weighted by atomic mass is 16.6. The Morgan fingerprint density at radius 2 is 0.476 bits per heavy atom. The average molecular weight is 1130 g/mol. The normalized spacial score (nSPS) is 13.2. The molecule has 0 rings (SSSR count). The summed E-state index contributed by atoms with van der Waals surface area (Å²) in [5.74, 6) is -0.920. The summed E-state index contributed by atoms with van der Waals surface area (Å²) in [4.78, 5) is 38.3. The van der Waals surface area contributed by atoms with E-state index in [0.29, 0.717) is 19.3 Å². The van der Waals surface area contributed by atoms with Gasteiger partial charge in [0.1, 0.15) is 13.2 Å². The second-order valence-corrected chi connectivity index (χ2v) is 21.6. The van der Waals surface area contributed by atoms with Crippen LogP contribution in [0.4, 0.5) is 0 Å². The van der Waals surface area contributed by atoms with Gasteiger partial charge in [-0.2, -0.15) is 0 Å². The molecule has 0 aliphatic heterocycles. The lowest BCUT2D eigenvalue weighted by Crippen LogP contribution is -2.30. The van der Waals surface area contributed by atoms with Crippen LogP contribution in [0.1, 0.15) is 284 Å². The predicted molar refractivity (Wildman–Crippen MR) is 357 cm³/mol. The summed E-state index contributed by atoms with van der Waals surface area (Å²) in [5.41, 5.74) is 0. The van der Waals surface area contributed by atoms with Crippen molar-refractivity contribution in [3.8, 4) is 0 Å². The van der Waals surface area contributed by atoms with Gasteiger partial charge in [0.05, 0.1) is 0 Å². The maximum Gasteiger partial charge on any atom is 0.306 e. The van der Waals surface area contributed by atoms with Gasteiger partial charge in [-0.1, -0.05) is 294 Å². The van der Waals surface area contributed by atoms with Crippen LogP contribution in [0.2, 0.25) is 0 Å². The number of hydrogen-bond acceptors (Lipinski definition) is 6. The number of carbonyl (C=O) groups excluding carboxylic acids is 3. The molecule has 0 aliphatic carbocycles. The summed E-state index contributed by atoms with van der Waals surface area (Å²) in [6, 6.07) is 0. The molecule has 0 radical (unpaired) electrons. The number of unbranched alkanes of at least 4 members (excludes halogenated alkanes) is 22. The summed E-state index contributed by atoms with van der Waals surface area (Å²) in [5, 5.41) is 0. The fourth-order valence-corrected chi connectivity index (χ4v) is 8.84. The SMILES string of the molecule is CC/C=C\C/C=C\C/C=C\C/C=C\C/C=C\C/C=C\C/C=C\CCCCCCCCCC(=O)OCC(COC(=O)CCCCCCCCCCCC)OC(=O)CCCCCCCC/C=C\C/C=C\C/C=C\C/C=C\C/C=C\C/C=C\CC. The second-order valence-electron chi connectivity index (χ2n) is 21.6. The van der Waals surface area contributed by atoms with Crippen molar-refractivity contribution >= 4 is 17.9 Å². The summed E-state index contributed by atoms with van der Waals surface area (Å²) < 4.78 is 16.9. The molecule has 0 amide bonds. The monoisotopic (exact) mass is 1130 g/mol. The van der Waals surface area contributed by atoms with Crippen molar-refractivity contribution in [1.29, 1.82) is 0 Å². The maximum absolute atomic E-state index is 12.9. The lowest BCUT2D eigenvalue weighted by atomic mass is 10.1. The van der Waals surface area contributed by atoms with Gasteiger partial charge in [0.15, 0.2) is 6.10 Å². The van der Waals surface area contributed by atoms with Gasteiger partial charge in [0.2, 0.25) is 0 Å². The molecule has 0 aromatic carbocycles. The molecule has 0 aliphatic rings. The van der Waals surface area contributed by atoms with E-state index in [0.717, 1.165) is 161 Å². The van der Waals surface area contributed by atoms with Crippen molar-refractivity contribution in [2.45, 2.75) is 290 Å². The maximum atomic E-state index is 12.9. The minimum atomic E-state index is -0.798. The predicted octanol–water partition coefficient (Wildman–Crippen LogP) is 23.3. The van der Waals surface area contributed by atoms with E-state index in [1.807, 2.05) is 0 Å². The van der Waals surface area contributed by atoms with E-state index in [1.54, 1.807) is 0 Å². The average Bonchev–Trinajstić information content (AvgIpc) is 3.48. The van der Waals surface area contributed by atoms with E-state index in [4.69, 9.17) is 14.2 Å². The number of carbonyl (C=O) groups is 3. The standard InChI is InChI=1S/C76H122O6/c1-4-7-10-13-16-19-22-24-26-28-30-32-34-36-37-38-39-41-42-44-46-48-50-52-54-57-60-63-66-69-75(78)81-72-73(71-80-74(77)68-65-62-59-56-21-18-15-12-9-6-3)82-76(79)70-67-64-61-58-55-53-51-49-47-45-43-40-35-33-31-29-27-25-23-20-17-14-11-8-5-2/h7-8,10-11,16-17,19-20,24-27,30-33,36-37,39-41,43-44,46-47,49,73H,4-6,9,12-15,18,21-23,28-29,34-35,38,42,45,48,50-72H2,1-3H3/b10-7-,11-8-,19-16-,20-17-,26-24-,27-25-,32-30-,33-31-,37-36-,41-39-,43-40-,46-44-,49-47-. The van der Waals surface area contributed by atoms with Gasteiger partial charge in [-0.05, 0) is 128 Å². The number of rotatable bonds is 59. The first-order chi connectivity index (χ1) is 40.5. The lowest BCUT2D eigenvalue weighted by molar-refractivity contribution is -0.167. The molecular weight excluding hydrogens is 1010 g/mol. The van der Waals surface area contributed by atoms with Gasteiger partial charge >= 0.3 is 17.9 Å².